The number of hydrogen-bond donors (Lipinski definition) is 1. The Kier molecular flexibility index (Phi) is 5.24. The van der Waals surface area contributed by atoms with E-state index in [1.54, 1.807) is 0 Å². The Labute approximate surface area is 94.0 Å². The second-order valence-corrected chi connectivity index (χ2v) is 9.89. The van der Waals surface area contributed by atoms with Crippen LogP contribution in [0.15, 0.2) is 12.2 Å². The van der Waals surface area contributed by atoms with E-state index in [0.29, 0.717) is 6.42 Å². The highest BCUT2D eigenvalue weighted by Gasteiger charge is 2.38. The summed E-state index contributed by atoms with van der Waals surface area (Å²) in [6.45, 7) is 12.5. The van der Waals surface area contributed by atoms with Gasteiger partial charge in [-0.2, -0.15) is 0 Å². The van der Waals surface area contributed by atoms with E-state index >= 15 is 0 Å². The Hall–Kier alpha value is -0.613. The van der Waals surface area contributed by atoms with Crippen molar-refractivity contribution in [3.8, 4) is 0 Å². The summed E-state index contributed by atoms with van der Waals surface area (Å²) in [5.41, 5.74) is 2.54. The summed E-state index contributed by atoms with van der Waals surface area (Å²) < 4.78 is 5.56. The minimum Gasteiger partial charge on any atom is -0.320 e. The Morgan fingerprint density at radius 3 is 2.33 bits per heavy atom. The van der Waals surface area contributed by atoms with Crippen molar-refractivity contribution >= 4 is 14.2 Å². The number of rotatable bonds is 4. The van der Waals surface area contributed by atoms with Gasteiger partial charge in [-0.3, -0.25) is 4.79 Å². The molecule has 0 aliphatic rings. The lowest BCUT2D eigenvalue weighted by molar-refractivity contribution is -0.127. The molecule has 0 aliphatic heterocycles. The number of hydrogen-bond acceptors (Lipinski definition) is 2. The van der Waals surface area contributed by atoms with Crippen LogP contribution in [0.4, 0.5) is 0 Å². The third-order valence-electron chi connectivity index (χ3n) is 2.77. The number of carbonyl (C=O) groups is 1. The Morgan fingerprint density at radius 1 is 1.40 bits per heavy atom. The smallest absolute Gasteiger partial charge is 0.246 e. The van der Waals surface area contributed by atoms with Gasteiger partial charge in [0.2, 0.25) is 14.2 Å². The maximum Gasteiger partial charge on any atom is 0.246 e. The fourth-order valence-electron chi connectivity index (χ4n) is 0.604. The van der Waals surface area contributed by atoms with Crippen LogP contribution in [0.25, 0.3) is 0 Å². The molecule has 0 fully saturated rings. The summed E-state index contributed by atoms with van der Waals surface area (Å²) in [5, 5.41) is 0.112. The molecule has 1 amide bonds. The summed E-state index contributed by atoms with van der Waals surface area (Å²) in [4.78, 5) is 11.3. The Morgan fingerprint density at radius 2 is 1.93 bits per heavy atom. The summed E-state index contributed by atoms with van der Waals surface area (Å²) in [7, 11) is -1.86. The summed E-state index contributed by atoms with van der Waals surface area (Å²) in [6, 6.07) is 0. The molecule has 0 aliphatic carbocycles. The van der Waals surface area contributed by atoms with Gasteiger partial charge in [-0.25, -0.2) is 5.48 Å². The average Bonchev–Trinajstić information content (AvgIpc) is 2.09. The fourth-order valence-corrected chi connectivity index (χ4v) is 1.28. The molecule has 3 nitrogen and oxygen atoms in total. The highest BCUT2D eigenvalue weighted by atomic mass is 28.4. The largest absolute Gasteiger partial charge is 0.320 e. The van der Waals surface area contributed by atoms with Crippen LogP contribution in [0.1, 0.15) is 34.1 Å². The Bertz CT molecular complexity index is 241. The van der Waals surface area contributed by atoms with Gasteiger partial charge in [0.1, 0.15) is 0 Å². The molecule has 0 aromatic carbocycles. The van der Waals surface area contributed by atoms with E-state index in [-0.39, 0.29) is 10.9 Å². The van der Waals surface area contributed by atoms with Crippen molar-refractivity contribution in [2.75, 3.05) is 0 Å². The molecule has 0 saturated heterocycles. The van der Waals surface area contributed by atoms with Crippen molar-refractivity contribution in [2.24, 2.45) is 0 Å². The van der Waals surface area contributed by atoms with E-state index in [4.69, 9.17) is 4.53 Å². The molecule has 4 heteroatoms. The van der Waals surface area contributed by atoms with E-state index in [1.807, 2.05) is 19.1 Å². The molecule has 0 bridgehead atoms. The molecule has 0 radical (unpaired) electrons. The topological polar surface area (TPSA) is 38.3 Å². The van der Waals surface area contributed by atoms with Crippen LogP contribution in [0.3, 0.4) is 0 Å². The molecule has 0 heterocycles. The van der Waals surface area contributed by atoms with Crippen LogP contribution in [-0.2, 0) is 9.32 Å². The number of hydroxylamine groups is 1. The molecule has 0 unspecified atom stereocenters. The number of allylic oxidation sites excluding steroid dienone is 1. The molecular weight excluding hydrogens is 206 g/mol. The minimum atomic E-state index is -1.86. The van der Waals surface area contributed by atoms with Crippen molar-refractivity contribution in [3.63, 3.8) is 0 Å². The zero-order valence-electron chi connectivity index (χ0n) is 10.7. The van der Waals surface area contributed by atoms with E-state index in [2.05, 4.69) is 39.3 Å². The molecule has 15 heavy (non-hydrogen) atoms. The van der Waals surface area contributed by atoms with Gasteiger partial charge in [0.15, 0.2) is 0 Å². The number of carbonyl (C=O) groups excluding carboxylic acids is 1. The van der Waals surface area contributed by atoms with Crippen LogP contribution in [0.2, 0.25) is 18.1 Å². The van der Waals surface area contributed by atoms with Gasteiger partial charge in [-0.15, -0.1) is 0 Å². The monoisotopic (exact) mass is 229 g/mol. The van der Waals surface area contributed by atoms with Crippen molar-refractivity contribution in [2.45, 2.75) is 52.2 Å². The first-order valence-electron chi connectivity index (χ1n) is 5.28. The van der Waals surface area contributed by atoms with Crippen molar-refractivity contribution in [3.05, 3.63) is 12.2 Å². The lowest BCUT2D eigenvalue weighted by Gasteiger charge is -2.35. The standard InChI is InChI=1S/C11H23NO2Si/c1-7-8-9-10(13)12-14-15(5,6)11(2,3)4/h7-8H,9H2,1-6H3,(H,12,13). The van der Waals surface area contributed by atoms with Crippen molar-refractivity contribution in [1.29, 1.82) is 0 Å². The van der Waals surface area contributed by atoms with Gasteiger partial charge in [-0.05, 0) is 25.1 Å². The van der Waals surface area contributed by atoms with Crippen LogP contribution in [0.5, 0.6) is 0 Å². The third-order valence-corrected chi connectivity index (χ3v) is 6.99. The average molecular weight is 229 g/mol. The normalized spacial score (nSPS) is 13.2. The molecule has 0 aromatic rings. The second-order valence-electron chi connectivity index (χ2n) is 5.16. The quantitative estimate of drug-likeness (QED) is 0.457. The minimum absolute atomic E-state index is 0.0853. The second kappa shape index (κ2) is 5.46. The van der Waals surface area contributed by atoms with E-state index in [9.17, 15) is 4.79 Å². The zero-order chi connectivity index (χ0) is 12.1. The SMILES string of the molecule is CC=CCC(=O)NO[Si](C)(C)C(C)(C)C. The maximum absolute atomic E-state index is 11.3. The maximum atomic E-state index is 11.3. The molecule has 0 atom stereocenters. The fraction of sp³-hybridized carbons (Fsp3) is 0.727. The molecule has 0 aromatic heterocycles. The van der Waals surface area contributed by atoms with Crippen LogP contribution >= 0.6 is 0 Å². The van der Waals surface area contributed by atoms with Gasteiger partial charge >= 0.3 is 0 Å². The highest BCUT2D eigenvalue weighted by molar-refractivity contribution is 6.74. The molecule has 88 valence electrons. The predicted molar refractivity (Wildman–Crippen MR) is 65.9 cm³/mol. The van der Waals surface area contributed by atoms with Crippen LogP contribution in [-0.4, -0.2) is 14.2 Å². The first-order valence-corrected chi connectivity index (χ1v) is 8.19. The summed E-state index contributed by atoms with van der Waals surface area (Å²) in [6.07, 6.45) is 4.04. The van der Waals surface area contributed by atoms with Gasteiger partial charge in [-0.1, -0.05) is 32.9 Å². The third kappa shape index (κ3) is 5.13. The first kappa shape index (κ1) is 14.4. The van der Waals surface area contributed by atoms with Crippen LogP contribution < -0.4 is 5.48 Å². The lowest BCUT2D eigenvalue weighted by atomic mass is 10.2. The van der Waals surface area contributed by atoms with Gasteiger partial charge in [0, 0.05) is 6.42 Å². The highest BCUT2D eigenvalue weighted by Crippen LogP contribution is 2.35. The van der Waals surface area contributed by atoms with E-state index < -0.39 is 8.32 Å². The van der Waals surface area contributed by atoms with Crippen molar-refractivity contribution < 1.29 is 9.32 Å². The van der Waals surface area contributed by atoms with E-state index in [0.717, 1.165) is 0 Å². The predicted octanol–water partition coefficient (Wildman–Crippen LogP) is 3.01. The van der Waals surface area contributed by atoms with Gasteiger partial charge < -0.3 is 4.53 Å². The van der Waals surface area contributed by atoms with Crippen LogP contribution in [0, 0.1) is 0 Å². The molecule has 0 spiro atoms. The zero-order valence-corrected chi connectivity index (χ0v) is 11.7. The van der Waals surface area contributed by atoms with E-state index in [1.165, 1.54) is 0 Å². The first-order chi connectivity index (χ1) is 6.70. The number of amides is 1. The molecule has 0 rings (SSSR count). The number of nitrogens with one attached hydrogen (secondary N) is 1. The van der Waals surface area contributed by atoms with Crippen molar-refractivity contribution in [1.82, 2.24) is 5.48 Å². The molecule has 1 N–H and O–H groups in total. The molecule has 0 saturated carbocycles. The summed E-state index contributed by atoms with van der Waals surface area (Å²) in [5.74, 6) is -0.0853. The van der Waals surface area contributed by atoms with Gasteiger partial charge in [0.25, 0.3) is 0 Å². The summed E-state index contributed by atoms with van der Waals surface area (Å²) >= 11 is 0. The lowest BCUT2D eigenvalue weighted by Crippen LogP contribution is -2.46. The molecular formula is C11H23NO2Si. The Balaban J connectivity index is 4.10. The van der Waals surface area contributed by atoms with Gasteiger partial charge in [0.05, 0.1) is 0 Å².